The van der Waals surface area contributed by atoms with Crippen molar-refractivity contribution in [2.24, 2.45) is 0 Å². The number of nitrogens with zero attached hydrogens (tertiary/aromatic N) is 1. The van der Waals surface area contributed by atoms with E-state index < -0.39 is 0 Å². The highest BCUT2D eigenvalue weighted by Crippen LogP contribution is 2.25. The van der Waals surface area contributed by atoms with Crippen LogP contribution in [0.2, 0.25) is 0 Å². The maximum atomic E-state index is 9.18. The number of benzene rings is 2. The van der Waals surface area contributed by atoms with E-state index in [0.717, 1.165) is 5.75 Å². The predicted octanol–water partition coefficient (Wildman–Crippen LogP) is 6.01. The van der Waals surface area contributed by atoms with E-state index in [9.17, 15) is 4.79 Å². The molecule has 27 heavy (non-hydrogen) atoms. The van der Waals surface area contributed by atoms with E-state index in [2.05, 4.69) is 59.7 Å². The molecule has 0 saturated carbocycles. The summed E-state index contributed by atoms with van der Waals surface area (Å²) in [6, 6.07) is 19.1. The average Bonchev–Trinajstić information content (AvgIpc) is 3.13. The summed E-state index contributed by atoms with van der Waals surface area (Å²) < 4.78 is 12.3. The van der Waals surface area contributed by atoms with Crippen LogP contribution in [0.5, 0.6) is 5.75 Å². The molecule has 146 valence electrons. The van der Waals surface area contributed by atoms with Gasteiger partial charge in [-0.2, -0.15) is 0 Å². The first-order chi connectivity index (χ1) is 13.2. The molecule has 3 rings (SSSR count). The van der Waals surface area contributed by atoms with Crippen LogP contribution in [-0.2, 0) is 16.1 Å². The molecular formula is C23H31NO3. The van der Waals surface area contributed by atoms with E-state index in [1.54, 1.807) is 6.92 Å². The van der Waals surface area contributed by atoms with Gasteiger partial charge >= 0.3 is 0 Å². The van der Waals surface area contributed by atoms with Crippen molar-refractivity contribution in [3.8, 4) is 5.75 Å². The van der Waals surface area contributed by atoms with Gasteiger partial charge in [-0.05, 0) is 50.6 Å². The van der Waals surface area contributed by atoms with Crippen molar-refractivity contribution < 1.29 is 14.3 Å². The van der Waals surface area contributed by atoms with Crippen LogP contribution in [0.15, 0.2) is 60.8 Å². The Kier molecular flexibility index (Phi) is 10.4. The Hall–Kier alpha value is -2.75. The quantitative estimate of drug-likeness (QED) is 0.500. The van der Waals surface area contributed by atoms with Crippen LogP contribution in [0.3, 0.4) is 0 Å². The second kappa shape index (κ2) is 12.6. The maximum Gasteiger partial charge on any atom is 0.293 e. The summed E-state index contributed by atoms with van der Waals surface area (Å²) in [7, 11) is 0. The molecule has 2 aromatic carbocycles. The van der Waals surface area contributed by atoms with Crippen molar-refractivity contribution in [3.05, 3.63) is 66.4 Å². The fourth-order valence-electron chi connectivity index (χ4n) is 2.49. The number of rotatable bonds is 6. The molecule has 4 heteroatoms. The lowest BCUT2D eigenvalue weighted by atomic mass is 10.2. The van der Waals surface area contributed by atoms with Crippen molar-refractivity contribution in [2.75, 3.05) is 6.61 Å². The van der Waals surface area contributed by atoms with Gasteiger partial charge in [0.05, 0.1) is 6.61 Å². The lowest BCUT2D eigenvalue weighted by Crippen LogP contribution is -1.98. The van der Waals surface area contributed by atoms with Crippen LogP contribution >= 0.6 is 0 Å². The van der Waals surface area contributed by atoms with E-state index in [4.69, 9.17) is 4.74 Å². The van der Waals surface area contributed by atoms with Gasteiger partial charge in [-0.15, -0.1) is 0 Å². The van der Waals surface area contributed by atoms with Gasteiger partial charge in [0, 0.05) is 23.1 Å². The standard InChI is InChI=1S/C18H19NO.C3H6O2.C2H6/c1-14(2)19-11-10-16-12-17(8-9-18(16)19)20-13-15-6-4-3-5-7-15;1-2-5-3-4;1-2/h3-12,14H,13H2,1-2H3;3H,2H2,1H3;1-2H3. The van der Waals surface area contributed by atoms with Crippen LogP contribution in [-0.4, -0.2) is 17.6 Å². The molecule has 1 aromatic heterocycles. The molecule has 0 N–H and O–H groups in total. The van der Waals surface area contributed by atoms with Crippen molar-refractivity contribution >= 4 is 17.4 Å². The fourth-order valence-corrected chi connectivity index (χ4v) is 2.49. The maximum absolute atomic E-state index is 9.18. The molecular weight excluding hydrogens is 338 g/mol. The Morgan fingerprint density at radius 3 is 2.30 bits per heavy atom. The topological polar surface area (TPSA) is 40.5 Å². The number of carbonyl (C=O) groups is 1. The number of carbonyl (C=O) groups excluding carboxylic acids is 1. The zero-order chi connectivity index (χ0) is 20.1. The number of aromatic nitrogens is 1. The first-order valence-corrected chi connectivity index (χ1v) is 9.48. The van der Waals surface area contributed by atoms with E-state index in [0.29, 0.717) is 25.7 Å². The Morgan fingerprint density at radius 2 is 1.74 bits per heavy atom. The van der Waals surface area contributed by atoms with Gasteiger partial charge in [0.1, 0.15) is 12.4 Å². The second-order valence-electron chi connectivity index (χ2n) is 5.86. The summed E-state index contributed by atoms with van der Waals surface area (Å²) in [5, 5.41) is 1.23. The molecule has 1 heterocycles. The number of ether oxygens (including phenoxy) is 2. The van der Waals surface area contributed by atoms with Crippen LogP contribution < -0.4 is 4.74 Å². The largest absolute Gasteiger partial charge is 0.489 e. The molecule has 0 spiro atoms. The zero-order valence-corrected chi connectivity index (χ0v) is 17.0. The smallest absolute Gasteiger partial charge is 0.293 e. The molecule has 0 aliphatic heterocycles. The minimum Gasteiger partial charge on any atom is -0.489 e. The van der Waals surface area contributed by atoms with Crippen molar-refractivity contribution in [3.63, 3.8) is 0 Å². The highest BCUT2D eigenvalue weighted by atomic mass is 16.5. The Bertz CT molecular complexity index is 779. The Balaban J connectivity index is 0.000000454. The third-order valence-corrected chi connectivity index (χ3v) is 3.73. The third kappa shape index (κ3) is 7.18. The molecule has 0 amide bonds. The van der Waals surface area contributed by atoms with Gasteiger partial charge in [-0.3, -0.25) is 4.79 Å². The first kappa shape index (κ1) is 22.3. The van der Waals surface area contributed by atoms with Gasteiger partial charge in [0.25, 0.3) is 6.47 Å². The van der Waals surface area contributed by atoms with Gasteiger partial charge in [-0.25, -0.2) is 0 Å². The molecule has 0 aliphatic carbocycles. The lowest BCUT2D eigenvalue weighted by Gasteiger charge is -2.10. The number of hydrogen-bond donors (Lipinski definition) is 0. The van der Waals surface area contributed by atoms with Gasteiger partial charge in [0.15, 0.2) is 0 Å². The van der Waals surface area contributed by atoms with E-state index in [1.807, 2.05) is 38.1 Å². The summed E-state index contributed by atoms with van der Waals surface area (Å²) in [4.78, 5) is 9.18. The first-order valence-electron chi connectivity index (χ1n) is 9.48. The predicted molar refractivity (Wildman–Crippen MR) is 112 cm³/mol. The van der Waals surface area contributed by atoms with E-state index in [1.165, 1.54) is 16.5 Å². The van der Waals surface area contributed by atoms with E-state index >= 15 is 0 Å². The Labute approximate surface area is 162 Å². The molecule has 0 aliphatic rings. The highest BCUT2D eigenvalue weighted by molar-refractivity contribution is 5.81. The van der Waals surface area contributed by atoms with E-state index in [-0.39, 0.29) is 0 Å². The summed E-state index contributed by atoms with van der Waals surface area (Å²) >= 11 is 0. The van der Waals surface area contributed by atoms with Gasteiger partial charge in [-0.1, -0.05) is 44.2 Å². The Morgan fingerprint density at radius 1 is 1.04 bits per heavy atom. The summed E-state index contributed by atoms with van der Waals surface area (Å²) in [6.07, 6.45) is 2.14. The second-order valence-corrected chi connectivity index (χ2v) is 5.86. The lowest BCUT2D eigenvalue weighted by molar-refractivity contribution is -0.128. The molecule has 4 nitrogen and oxygen atoms in total. The minimum atomic E-state index is 0.431. The molecule has 3 aromatic rings. The monoisotopic (exact) mass is 369 g/mol. The normalized spacial score (nSPS) is 9.70. The van der Waals surface area contributed by atoms with Crippen molar-refractivity contribution in [1.82, 2.24) is 4.57 Å². The number of hydrogen-bond acceptors (Lipinski definition) is 3. The molecule has 0 unspecified atom stereocenters. The highest BCUT2D eigenvalue weighted by Gasteiger charge is 2.05. The third-order valence-electron chi connectivity index (χ3n) is 3.73. The van der Waals surface area contributed by atoms with Gasteiger partial charge in [0.2, 0.25) is 0 Å². The molecule has 0 fully saturated rings. The average molecular weight is 370 g/mol. The molecule has 0 radical (unpaired) electrons. The van der Waals surface area contributed by atoms with Crippen LogP contribution in [0, 0.1) is 0 Å². The molecule has 0 atom stereocenters. The zero-order valence-electron chi connectivity index (χ0n) is 17.0. The number of fused-ring (bicyclic) bond motifs is 1. The van der Waals surface area contributed by atoms with Crippen LogP contribution in [0.4, 0.5) is 0 Å². The van der Waals surface area contributed by atoms with Crippen molar-refractivity contribution in [1.29, 1.82) is 0 Å². The fraction of sp³-hybridized carbons (Fsp3) is 0.348. The minimum absolute atomic E-state index is 0.431. The SMILES string of the molecule is CC.CC(C)n1ccc2cc(OCc3ccccc3)ccc21.CCOC=O. The van der Waals surface area contributed by atoms with Crippen LogP contribution in [0.25, 0.3) is 10.9 Å². The summed E-state index contributed by atoms with van der Waals surface area (Å²) in [5.74, 6) is 0.919. The molecule has 0 bridgehead atoms. The van der Waals surface area contributed by atoms with Crippen molar-refractivity contribution in [2.45, 2.75) is 47.3 Å². The van der Waals surface area contributed by atoms with Crippen LogP contribution in [0.1, 0.15) is 46.2 Å². The molecule has 0 saturated heterocycles. The summed E-state index contributed by atoms with van der Waals surface area (Å²) in [6.45, 7) is 11.7. The van der Waals surface area contributed by atoms with Gasteiger partial charge < -0.3 is 14.0 Å². The summed E-state index contributed by atoms with van der Waals surface area (Å²) in [5.41, 5.74) is 2.44.